The number of rotatable bonds is 2. The van der Waals surface area contributed by atoms with Gasteiger partial charge in [0.1, 0.15) is 17.2 Å². The second-order valence-corrected chi connectivity index (χ2v) is 10.1. The van der Waals surface area contributed by atoms with Crippen molar-refractivity contribution < 1.29 is 18.4 Å². The molecule has 34 heavy (non-hydrogen) atoms. The van der Waals surface area contributed by atoms with Gasteiger partial charge in [0.2, 0.25) is 0 Å². The maximum Gasteiger partial charge on any atom is 0.322 e. The van der Waals surface area contributed by atoms with Gasteiger partial charge in [0.05, 0.1) is 23.8 Å². The third-order valence-electron chi connectivity index (χ3n) is 6.95. The smallest absolute Gasteiger partial charge is 0.322 e. The summed E-state index contributed by atoms with van der Waals surface area (Å²) in [5.41, 5.74) is 1.21. The lowest BCUT2D eigenvalue weighted by Crippen LogP contribution is -2.44. The van der Waals surface area contributed by atoms with Gasteiger partial charge in [0.25, 0.3) is 5.91 Å². The van der Waals surface area contributed by atoms with E-state index >= 15 is 0 Å². The number of hydrogen-bond acceptors (Lipinski definition) is 4. The highest BCUT2D eigenvalue weighted by atomic mass is 35.5. The second-order valence-electron chi connectivity index (χ2n) is 9.66. The van der Waals surface area contributed by atoms with E-state index in [1.165, 1.54) is 18.2 Å². The number of carbonyl (C=O) groups is 2. The van der Waals surface area contributed by atoms with Crippen molar-refractivity contribution in [1.29, 1.82) is 0 Å². The van der Waals surface area contributed by atoms with E-state index in [0.29, 0.717) is 56.9 Å². The third-order valence-corrected chi connectivity index (χ3v) is 7.24. The number of nitrogens with zero attached hydrogens (tertiary/aromatic N) is 5. The minimum absolute atomic E-state index is 0.0308. The maximum atomic E-state index is 14.5. The Labute approximate surface area is 201 Å². The number of benzene rings is 1. The Kier molecular flexibility index (Phi) is 5.76. The van der Waals surface area contributed by atoms with E-state index < -0.39 is 11.5 Å². The average Bonchev–Trinajstić information content (AvgIpc) is 3.30. The highest BCUT2D eigenvalue weighted by Gasteiger charge is 2.41. The lowest BCUT2D eigenvalue weighted by Gasteiger charge is -2.29. The summed E-state index contributed by atoms with van der Waals surface area (Å²) >= 11 is 5.82. The van der Waals surface area contributed by atoms with Crippen molar-refractivity contribution in [2.75, 3.05) is 38.5 Å². The molecule has 0 bridgehead atoms. The summed E-state index contributed by atoms with van der Waals surface area (Å²) in [5.74, 6) is -0.707. The Morgan fingerprint density at radius 3 is 2.79 bits per heavy atom. The first-order valence-electron chi connectivity index (χ1n) is 11.4. The molecule has 182 valence electrons. The van der Waals surface area contributed by atoms with E-state index in [1.54, 1.807) is 28.5 Å². The molecule has 1 N–H and O–H groups in total. The van der Waals surface area contributed by atoms with Crippen LogP contribution in [0.25, 0.3) is 0 Å². The number of amides is 3. The van der Waals surface area contributed by atoms with Crippen LogP contribution in [0.3, 0.4) is 0 Å². The summed E-state index contributed by atoms with van der Waals surface area (Å²) in [5, 5.41) is 7.39. The Morgan fingerprint density at radius 2 is 2.09 bits per heavy atom. The van der Waals surface area contributed by atoms with Crippen LogP contribution in [0.1, 0.15) is 35.1 Å². The summed E-state index contributed by atoms with van der Waals surface area (Å²) in [6, 6.07) is 3.60. The molecule has 1 fully saturated rings. The summed E-state index contributed by atoms with van der Waals surface area (Å²) in [7, 11) is 1.75. The van der Waals surface area contributed by atoms with Crippen LogP contribution in [0.5, 0.6) is 0 Å². The normalized spacial score (nSPS) is 25.2. The first kappa shape index (κ1) is 23.0. The molecule has 3 aliphatic rings. The van der Waals surface area contributed by atoms with E-state index in [4.69, 9.17) is 16.7 Å². The molecular weight excluding hydrogens is 466 g/mol. The zero-order chi connectivity index (χ0) is 24.2. The molecule has 3 aliphatic heterocycles. The van der Waals surface area contributed by atoms with Gasteiger partial charge >= 0.3 is 6.03 Å². The molecule has 11 heteroatoms. The largest absolute Gasteiger partial charge is 0.339 e. The molecule has 2 unspecified atom stereocenters. The number of carbonyl (C=O) groups excluding carboxylic acids is 2. The molecule has 1 saturated heterocycles. The van der Waals surface area contributed by atoms with E-state index in [1.807, 2.05) is 0 Å². The molecule has 0 spiro atoms. The van der Waals surface area contributed by atoms with Gasteiger partial charge in [-0.15, -0.1) is 0 Å². The van der Waals surface area contributed by atoms with Crippen LogP contribution in [0.2, 0.25) is 5.02 Å². The number of halogens is 3. The highest BCUT2D eigenvalue weighted by Crippen LogP contribution is 2.30. The molecule has 0 radical (unpaired) electrons. The van der Waals surface area contributed by atoms with Crippen molar-refractivity contribution in [2.24, 2.45) is 0 Å². The van der Waals surface area contributed by atoms with Crippen molar-refractivity contribution in [2.45, 2.75) is 44.6 Å². The van der Waals surface area contributed by atoms with Crippen molar-refractivity contribution >= 4 is 29.2 Å². The van der Waals surface area contributed by atoms with Crippen LogP contribution in [0.15, 0.2) is 18.2 Å². The molecule has 4 heterocycles. The topological polar surface area (TPSA) is 73.7 Å². The Hall–Kier alpha value is -2.72. The summed E-state index contributed by atoms with van der Waals surface area (Å²) in [4.78, 5) is 31.5. The van der Waals surface area contributed by atoms with Gasteiger partial charge in [-0.2, -0.15) is 5.10 Å². The first-order chi connectivity index (χ1) is 16.1. The fourth-order valence-electron chi connectivity index (χ4n) is 5.09. The summed E-state index contributed by atoms with van der Waals surface area (Å²) in [6.45, 7) is 4.27. The van der Waals surface area contributed by atoms with Crippen molar-refractivity contribution in [3.8, 4) is 0 Å². The van der Waals surface area contributed by atoms with E-state index in [2.05, 4.69) is 10.2 Å². The lowest BCUT2D eigenvalue weighted by molar-refractivity contribution is 0.0748. The van der Waals surface area contributed by atoms with Crippen LogP contribution >= 0.6 is 11.6 Å². The second kappa shape index (κ2) is 8.49. The zero-order valence-corrected chi connectivity index (χ0v) is 19.9. The predicted octanol–water partition coefficient (Wildman–Crippen LogP) is 3.15. The van der Waals surface area contributed by atoms with Crippen LogP contribution in [0.4, 0.5) is 19.3 Å². The Balaban J connectivity index is 1.36. The fourth-order valence-corrected chi connectivity index (χ4v) is 5.27. The molecule has 8 nitrogen and oxygen atoms in total. The molecule has 1 aromatic carbocycles. The van der Waals surface area contributed by atoms with E-state index in [0.717, 1.165) is 11.3 Å². The van der Waals surface area contributed by atoms with Gasteiger partial charge in [-0.1, -0.05) is 11.6 Å². The molecule has 2 aromatic rings. The zero-order valence-electron chi connectivity index (χ0n) is 19.2. The first-order valence-corrected chi connectivity index (χ1v) is 11.8. The van der Waals surface area contributed by atoms with Gasteiger partial charge < -0.3 is 15.1 Å². The van der Waals surface area contributed by atoms with E-state index in [9.17, 15) is 18.4 Å². The van der Waals surface area contributed by atoms with Gasteiger partial charge in [-0.3, -0.25) is 14.4 Å². The van der Waals surface area contributed by atoms with Gasteiger partial charge in [-0.05, 0) is 31.5 Å². The number of anilines is 1. The van der Waals surface area contributed by atoms with Gasteiger partial charge in [0.15, 0.2) is 0 Å². The molecule has 0 aliphatic carbocycles. The highest BCUT2D eigenvalue weighted by molar-refractivity contribution is 6.31. The number of alkyl halides is 1. The number of likely N-dealkylation sites (tertiary alicyclic amines) is 1. The quantitative estimate of drug-likeness (QED) is 0.699. The van der Waals surface area contributed by atoms with E-state index in [-0.39, 0.29) is 29.5 Å². The van der Waals surface area contributed by atoms with Crippen LogP contribution in [0, 0.1) is 5.82 Å². The number of hydrogen-bond donors (Lipinski definition) is 1. The SMILES string of the molecule is CN1CC(N2CCC(C)(F)C2)Cn2nc3c(c2C1=O)CN(C(=O)Nc1ccc(F)c(Cl)c1)CC3. The van der Waals surface area contributed by atoms with Crippen LogP contribution in [-0.2, 0) is 19.5 Å². The van der Waals surface area contributed by atoms with Crippen molar-refractivity contribution in [3.63, 3.8) is 0 Å². The number of likely N-dealkylation sites (N-methyl/N-ethyl adjacent to an activating group) is 1. The molecule has 2 atom stereocenters. The van der Waals surface area contributed by atoms with Crippen molar-refractivity contribution in [1.82, 2.24) is 24.5 Å². The maximum absolute atomic E-state index is 14.5. The number of fused-ring (bicyclic) bond motifs is 3. The third kappa shape index (κ3) is 4.24. The summed E-state index contributed by atoms with van der Waals surface area (Å²) in [6.07, 6.45) is 0.994. The van der Waals surface area contributed by atoms with Gasteiger partial charge in [0, 0.05) is 56.9 Å². The standard InChI is InChI=1S/C23H27ClF2N6O2/c1-23(26)6-8-31(13-23)15-10-29(2)21(33)20-16-12-30(7-5-19(16)28-32(20)11-15)22(34)27-14-3-4-18(25)17(24)9-14/h3-4,9,15H,5-8,10-13H2,1-2H3,(H,27,34). The monoisotopic (exact) mass is 492 g/mol. The lowest BCUT2D eigenvalue weighted by atomic mass is 10.0. The molecular formula is C23H27ClF2N6O2. The van der Waals surface area contributed by atoms with Crippen LogP contribution in [-0.4, -0.2) is 81.4 Å². The predicted molar refractivity (Wildman–Crippen MR) is 123 cm³/mol. The van der Waals surface area contributed by atoms with Crippen LogP contribution < -0.4 is 5.32 Å². The molecule has 1 aromatic heterocycles. The molecule has 5 rings (SSSR count). The molecule has 0 saturated carbocycles. The number of urea groups is 1. The number of aromatic nitrogens is 2. The average molecular weight is 493 g/mol. The Morgan fingerprint density at radius 1 is 1.29 bits per heavy atom. The minimum Gasteiger partial charge on any atom is -0.339 e. The minimum atomic E-state index is -1.22. The Bertz CT molecular complexity index is 1150. The summed E-state index contributed by atoms with van der Waals surface area (Å²) < 4.78 is 29.6. The fraction of sp³-hybridized carbons (Fsp3) is 0.522. The number of nitrogens with one attached hydrogen (secondary N) is 1. The van der Waals surface area contributed by atoms with Crippen molar-refractivity contribution in [3.05, 3.63) is 46.0 Å². The molecule has 3 amide bonds. The van der Waals surface area contributed by atoms with Gasteiger partial charge in [-0.25, -0.2) is 13.6 Å².